The van der Waals surface area contributed by atoms with Gasteiger partial charge in [-0.2, -0.15) is 5.10 Å². The normalized spacial score (nSPS) is 28.6. The summed E-state index contributed by atoms with van der Waals surface area (Å²) in [4.78, 5) is 11.8. The molecule has 0 spiro atoms. The number of hydrogen-bond donors (Lipinski definition) is 1. The Morgan fingerprint density at radius 2 is 2.06 bits per heavy atom. The van der Waals surface area contributed by atoms with Crippen LogP contribution in [0.1, 0.15) is 36.0 Å². The van der Waals surface area contributed by atoms with Crippen molar-refractivity contribution in [3.8, 4) is 0 Å². The van der Waals surface area contributed by atoms with Gasteiger partial charge in [0, 0.05) is 11.3 Å². The third kappa shape index (κ3) is 2.09. The van der Waals surface area contributed by atoms with Gasteiger partial charge in [0.05, 0.1) is 0 Å². The van der Waals surface area contributed by atoms with Gasteiger partial charge in [-0.3, -0.25) is 4.79 Å². The molecule has 2 aliphatic rings. The summed E-state index contributed by atoms with van der Waals surface area (Å²) in [5.41, 5.74) is 4.54. The molecule has 2 unspecified atom stereocenters. The van der Waals surface area contributed by atoms with Crippen molar-refractivity contribution in [1.29, 1.82) is 0 Å². The van der Waals surface area contributed by atoms with Crippen molar-refractivity contribution < 1.29 is 4.79 Å². The standard InChI is InChI=1S/C14H16N2O/c17-14(11-4-2-1-3-5-11)16-15-13-9-10-6-7-12(13)8-10/h1-5,10,12H,6-9H2,(H,16,17)/b15-13-. The van der Waals surface area contributed by atoms with Gasteiger partial charge >= 0.3 is 0 Å². The van der Waals surface area contributed by atoms with E-state index in [9.17, 15) is 4.79 Å². The number of hydrazone groups is 1. The van der Waals surface area contributed by atoms with E-state index in [0.717, 1.165) is 12.3 Å². The first-order chi connectivity index (χ1) is 8.33. The number of rotatable bonds is 2. The lowest BCUT2D eigenvalue weighted by molar-refractivity contribution is 0.0954. The zero-order chi connectivity index (χ0) is 11.7. The molecule has 0 aliphatic heterocycles. The number of nitrogens with zero attached hydrogens (tertiary/aromatic N) is 1. The fourth-order valence-corrected chi connectivity index (χ4v) is 2.94. The molecule has 3 heteroatoms. The van der Waals surface area contributed by atoms with Crippen LogP contribution in [0.4, 0.5) is 0 Å². The van der Waals surface area contributed by atoms with E-state index < -0.39 is 0 Å². The molecule has 17 heavy (non-hydrogen) atoms. The van der Waals surface area contributed by atoms with Gasteiger partial charge in [-0.15, -0.1) is 0 Å². The minimum Gasteiger partial charge on any atom is -0.267 e. The van der Waals surface area contributed by atoms with E-state index in [1.165, 1.54) is 25.0 Å². The minimum atomic E-state index is -0.110. The van der Waals surface area contributed by atoms with Crippen LogP contribution in [0.15, 0.2) is 35.4 Å². The van der Waals surface area contributed by atoms with Gasteiger partial charge in [0.2, 0.25) is 0 Å². The Labute approximate surface area is 101 Å². The molecule has 0 saturated heterocycles. The molecule has 0 radical (unpaired) electrons. The van der Waals surface area contributed by atoms with Gasteiger partial charge < -0.3 is 0 Å². The van der Waals surface area contributed by atoms with Crippen LogP contribution in [0.2, 0.25) is 0 Å². The van der Waals surface area contributed by atoms with Crippen molar-refractivity contribution in [3.05, 3.63) is 35.9 Å². The lowest BCUT2D eigenvalue weighted by Crippen LogP contribution is -2.21. The van der Waals surface area contributed by atoms with Crippen LogP contribution in [0, 0.1) is 11.8 Å². The molecule has 2 bridgehead atoms. The lowest BCUT2D eigenvalue weighted by atomic mass is 9.99. The van der Waals surface area contributed by atoms with E-state index in [2.05, 4.69) is 10.5 Å². The molecular formula is C14H16N2O. The van der Waals surface area contributed by atoms with Crippen LogP contribution in [-0.2, 0) is 0 Å². The Kier molecular flexibility index (Phi) is 2.67. The maximum absolute atomic E-state index is 11.8. The first-order valence-electron chi connectivity index (χ1n) is 6.25. The number of benzene rings is 1. The first kappa shape index (κ1) is 10.5. The topological polar surface area (TPSA) is 41.5 Å². The highest BCUT2D eigenvalue weighted by Crippen LogP contribution is 2.42. The largest absolute Gasteiger partial charge is 0.271 e. The highest BCUT2D eigenvalue weighted by Gasteiger charge is 2.36. The second-order valence-corrected chi connectivity index (χ2v) is 4.99. The Balaban J connectivity index is 1.65. The average Bonchev–Trinajstić information content (AvgIpc) is 2.99. The van der Waals surface area contributed by atoms with Crippen LogP contribution in [0.5, 0.6) is 0 Å². The highest BCUT2D eigenvalue weighted by molar-refractivity contribution is 5.96. The predicted molar refractivity (Wildman–Crippen MR) is 66.8 cm³/mol. The van der Waals surface area contributed by atoms with Crippen molar-refractivity contribution in [2.24, 2.45) is 16.9 Å². The minimum absolute atomic E-state index is 0.110. The Morgan fingerprint density at radius 1 is 1.24 bits per heavy atom. The van der Waals surface area contributed by atoms with Gasteiger partial charge in [0.15, 0.2) is 0 Å². The zero-order valence-electron chi connectivity index (χ0n) is 9.73. The lowest BCUT2D eigenvalue weighted by Gasteiger charge is -2.11. The fraction of sp³-hybridized carbons (Fsp3) is 0.429. The summed E-state index contributed by atoms with van der Waals surface area (Å²) in [5.74, 6) is 1.35. The van der Waals surface area contributed by atoms with Crippen molar-refractivity contribution in [2.75, 3.05) is 0 Å². The van der Waals surface area contributed by atoms with Crippen molar-refractivity contribution >= 4 is 11.6 Å². The first-order valence-corrected chi connectivity index (χ1v) is 6.25. The number of hydrogen-bond acceptors (Lipinski definition) is 2. The van der Waals surface area contributed by atoms with Gasteiger partial charge in [-0.05, 0) is 49.7 Å². The molecule has 0 heterocycles. The maximum atomic E-state index is 11.8. The van der Waals surface area contributed by atoms with E-state index in [-0.39, 0.29) is 5.91 Å². The molecule has 1 N–H and O–H groups in total. The third-order valence-electron chi connectivity index (χ3n) is 3.85. The Morgan fingerprint density at radius 3 is 2.71 bits per heavy atom. The average molecular weight is 228 g/mol. The van der Waals surface area contributed by atoms with Gasteiger partial charge in [-0.25, -0.2) is 5.43 Å². The van der Waals surface area contributed by atoms with E-state index in [0.29, 0.717) is 11.5 Å². The molecule has 2 atom stereocenters. The number of fused-ring (bicyclic) bond motifs is 2. The molecule has 3 nitrogen and oxygen atoms in total. The fourth-order valence-electron chi connectivity index (χ4n) is 2.94. The quantitative estimate of drug-likeness (QED) is 0.777. The highest BCUT2D eigenvalue weighted by atomic mass is 16.2. The van der Waals surface area contributed by atoms with Gasteiger partial charge in [0.25, 0.3) is 5.91 Å². The summed E-state index contributed by atoms with van der Waals surface area (Å²) in [7, 11) is 0. The molecule has 2 fully saturated rings. The molecular weight excluding hydrogens is 212 g/mol. The number of amides is 1. The second kappa shape index (κ2) is 4.32. The van der Waals surface area contributed by atoms with Crippen LogP contribution in [0.3, 0.4) is 0 Å². The predicted octanol–water partition coefficient (Wildman–Crippen LogP) is 2.59. The summed E-state index contributed by atoms with van der Waals surface area (Å²) in [6.07, 6.45) is 4.96. The SMILES string of the molecule is O=C(N/N=C1/CC2CCC1C2)c1ccccc1. The maximum Gasteiger partial charge on any atom is 0.271 e. The van der Waals surface area contributed by atoms with E-state index in [1.54, 1.807) is 12.1 Å². The number of carbonyl (C=O) groups excluding carboxylic acids is 1. The summed E-state index contributed by atoms with van der Waals surface area (Å²) in [6.45, 7) is 0. The van der Waals surface area contributed by atoms with E-state index >= 15 is 0 Å². The number of nitrogens with one attached hydrogen (secondary N) is 1. The molecule has 2 aliphatic carbocycles. The summed E-state index contributed by atoms with van der Waals surface area (Å²) in [5, 5.41) is 4.30. The molecule has 2 saturated carbocycles. The summed E-state index contributed by atoms with van der Waals surface area (Å²) < 4.78 is 0. The molecule has 3 rings (SSSR count). The second-order valence-electron chi connectivity index (χ2n) is 4.99. The monoisotopic (exact) mass is 228 g/mol. The van der Waals surface area contributed by atoms with E-state index in [4.69, 9.17) is 0 Å². The van der Waals surface area contributed by atoms with Crippen molar-refractivity contribution in [3.63, 3.8) is 0 Å². The molecule has 1 amide bonds. The van der Waals surface area contributed by atoms with Crippen LogP contribution in [0.25, 0.3) is 0 Å². The Bertz CT molecular complexity index is 453. The molecule has 1 aromatic rings. The van der Waals surface area contributed by atoms with Crippen LogP contribution in [-0.4, -0.2) is 11.6 Å². The molecule has 1 aromatic carbocycles. The van der Waals surface area contributed by atoms with Gasteiger partial charge in [0.1, 0.15) is 0 Å². The third-order valence-corrected chi connectivity index (χ3v) is 3.85. The molecule has 0 aromatic heterocycles. The number of carbonyl (C=O) groups is 1. The van der Waals surface area contributed by atoms with Gasteiger partial charge in [-0.1, -0.05) is 18.2 Å². The van der Waals surface area contributed by atoms with Crippen LogP contribution >= 0.6 is 0 Å². The molecule has 88 valence electrons. The van der Waals surface area contributed by atoms with Crippen molar-refractivity contribution in [2.45, 2.75) is 25.7 Å². The zero-order valence-corrected chi connectivity index (χ0v) is 9.73. The Hall–Kier alpha value is -1.64. The summed E-state index contributed by atoms with van der Waals surface area (Å²) in [6, 6.07) is 9.23. The van der Waals surface area contributed by atoms with E-state index in [1.807, 2.05) is 18.2 Å². The smallest absolute Gasteiger partial charge is 0.267 e. The van der Waals surface area contributed by atoms with Crippen molar-refractivity contribution in [1.82, 2.24) is 5.43 Å². The van der Waals surface area contributed by atoms with Crippen LogP contribution < -0.4 is 5.43 Å². The summed E-state index contributed by atoms with van der Waals surface area (Å²) >= 11 is 0.